The number of benzene rings is 1. The summed E-state index contributed by atoms with van der Waals surface area (Å²) in [6.45, 7) is 0. The van der Waals surface area contributed by atoms with Gasteiger partial charge in [-0.25, -0.2) is 4.79 Å². The Morgan fingerprint density at radius 1 is 1.30 bits per heavy atom. The SMILES string of the molecule is O=C(O)N[C@H]1CC[C@H](c2noc(-c3ccccc3)n2)C1. The van der Waals surface area contributed by atoms with Crippen molar-refractivity contribution in [3.63, 3.8) is 0 Å². The molecule has 0 spiro atoms. The minimum Gasteiger partial charge on any atom is -0.465 e. The van der Waals surface area contributed by atoms with Crippen molar-refractivity contribution in [3.8, 4) is 11.5 Å². The van der Waals surface area contributed by atoms with Crippen LogP contribution in [0.4, 0.5) is 4.79 Å². The molecule has 0 unspecified atom stereocenters. The third-order valence-corrected chi connectivity index (χ3v) is 3.59. The summed E-state index contributed by atoms with van der Waals surface area (Å²) in [5.41, 5.74) is 0.893. The van der Waals surface area contributed by atoms with Crippen LogP contribution in [0.1, 0.15) is 31.0 Å². The van der Waals surface area contributed by atoms with Crippen LogP contribution in [0.2, 0.25) is 0 Å². The molecule has 2 atom stereocenters. The fourth-order valence-corrected chi connectivity index (χ4v) is 2.62. The number of hydrogen-bond donors (Lipinski definition) is 2. The standard InChI is InChI=1S/C14H15N3O3/c18-14(19)15-11-7-6-10(8-11)12-16-13(20-17-12)9-4-2-1-3-5-9/h1-5,10-11,15H,6-8H2,(H,18,19)/t10-,11-/m0/s1. The van der Waals surface area contributed by atoms with E-state index in [0.29, 0.717) is 11.7 Å². The molecule has 2 N–H and O–H groups in total. The number of hydrogen-bond acceptors (Lipinski definition) is 4. The molecular weight excluding hydrogens is 258 g/mol. The zero-order chi connectivity index (χ0) is 13.9. The van der Waals surface area contributed by atoms with E-state index in [0.717, 1.165) is 24.8 Å². The van der Waals surface area contributed by atoms with Gasteiger partial charge >= 0.3 is 6.09 Å². The van der Waals surface area contributed by atoms with Crippen molar-refractivity contribution >= 4 is 6.09 Å². The van der Waals surface area contributed by atoms with Crippen LogP contribution >= 0.6 is 0 Å². The minimum absolute atomic E-state index is 0.0174. The summed E-state index contributed by atoms with van der Waals surface area (Å²) < 4.78 is 5.28. The molecule has 1 aliphatic rings. The molecule has 1 aromatic carbocycles. The summed E-state index contributed by atoms with van der Waals surface area (Å²) >= 11 is 0. The van der Waals surface area contributed by atoms with Crippen LogP contribution in [0.25, 0.3) is 11.5 Å². The van der Waals surface area contributed by atoms with Gasteiger partial charge in [-0.05, 0) is 31.4 Å². The first kappa shape index (κ1) is 12.7. The van der Waals surface area contributed by atoms with Crippen molar-refractivity contribution in [3.05, 3.63) is 36.2 Å². The molecule has 1 heterocycles. The van der Waals surface area contributed by atoms with E-state index in [4.69, 9.17) is 9.63 Å². The van der Waals surface area contributed by atoms with E-state index in [2.05, 4.69) is 15.5 Å². The Kier molecular flexibility index (Phi) is 3.37. The first-order chi connectivity index (χ1) is 9.72. The average molecular weight is 273 g/mol. The first-order valence-corrected chi connectivity index (χ1v) is 6.61. The summed E-state index contributed by atoms with van der Waals surface area (Å²) in [6.07, 6.45) is 1.43. The molecule has 104 valence electrons. The third-order valence-electron chi connectivity index (χ3n) is 3.59. The summed E-state index contributed by atoms with van der Waals surface area (Å²) in [7, 11) is 0. The van der Waals surface area contributed by atoms with Crippen LogP contribution < -0.4 is 5.32 Å². The maximum Gasteiger partial charge on any atom is 0.404 e. The first-order valence-electron chi connectivity index (χ1n) is 6.61. The molecule has 6 heteroatoms. The number of nitrogens with one attached hydrogen (secondary N) is 1. The van der Waals surface area contributed by atoms with Gasteiger partial charge in [0.1, 0.15) is 0 Å². The molecule has 1 aliphatic carbocycles. The molecule has 0 bridgehead atoms. The lowest BCUT2D eigenvalue weighted by molar-refractivity contribution is 0.190. The molecule has 3 rings (SSSR count). The van der Waals surface area contributed by atoms with E-state index >= 15 is 0 Å². The van der Waals surface area contributed by atoms with Gasteiger partial charge in [-0.1, -0.05) is 23.4 Å². The van der Waals surface area contributed by atoms with Crippen molar-refractivity contribution in [2.75, 3.05) is 0 Å². The van der Waals surface area contributed by atoms with Gasteiger partial charge in [-0.15, -0.1) is 0 Å². The highest BCUT2D eigenvalue weighted by Crippen LogP contribution is 2.33. The lowest BCUT2D eigenvalue weighted by Gasteiger charge is -2.08. The van der Waals surface area contributed by atoms with Crippen LogP contribution in [-0.4, -0.2) is 27.4 Å². The summed E-state index contributed by atoms with van der Waals surface area (Å²) in [5, 5.41) is 15.3. The van der Waals surface area contributed by atoms with Crippen molar-refractivity contribution in [2.24, 2.45) is 0 Å². The number of carbonyl (C=O) groups is 1. The Morgan fingerprint density at radius 3 is 2.85 bits per heavy atom. The van der Waals surface area contributed by atoms with Gasteiger partial charge in [0.15, 0.2) is 5.82 Å². The zero-order valence-corrected chi connectivity index (χ0v) is 10.8. The molecule has 2 aromatic rings. The summed E-state index contributed by atoms with van der Waals surface area (Å²) in [4.78, 5) is 15.0. The van der Waals surface area contributed by atoms with E-state index in [-0.39, 0.29) is 12.0 Å². The Hall–Kier alpha value is -2.37. The van der Waals surface area contributed by atoms with E-state index < -0.39 is 6.09 Å². The summed E-state index contributed by atoms with van der Waals surface area (Å²) in [5.74, 6) is 1.34. The number of nitrogens with zero attached hydrogens (tertiary/aromatic N) is 2. The molecular formula is C14H15N3O3. The van der Waals surface area contributed by atoms with Crippen molar-refractivity contribution in [1.82, 2.24) is 15.5 Å². The quantitative estimate of drug-likeness (QED) is 0.897. The van der Waals surface area contributed by atoms with Crippen LogP contribution in [-0.2, 0) is 0 Å². The maximum absolute atomic E-state index is 10.6. The Labute approximate surface area is 115 Å². The third kappa shape index (κ3) is 2.64. The largest absolute Gasteiger partial charge is 0.465 e. The number of rotatable bonds is 3. The van der Waals surface area contributed by atoms with Gasteiger partial charge < -0.3 is 14.9 Å². The Bertz CT molecular complexity index is 597. The maximum atomic E-state index is 10.6. The average Bonchev–Trinajstić information content (AvgIpc) is 3.07. The van der Waals surface area contributed by atoms with Crippen molar-refractivity contribution in [1.29, 1.82) is 0 Å². The second-order valence-electron chi connectivity index (χ2n) is 4.98. The van der Waals surface area contributed by atoms with Gasteiger partial charge in [0, 0.05) is 17.5 Å². The number of aromatic nitrogens is 2. The van der Waals surface area contributed by atoms with Gasteiger partial charge in [0.2, 0.25) is 0 Å². The molecule has 0 radical (unpaired) electrons. The smallest absolute Gasteiger partial charge is 0.404 e. The monoisotopic (exact) mass is 273 g/mol. The predicted octanol–water partition coefficient (Wildman–Crippen LogP) is 2.64. The molecule has 1 saturated carbocycles. The second-order valence-corrected chi connectivity index (χ2v) is 4.98. The molecule has 6 nitrogen and oxygen atoms in total. The van der Waals surface area contributed by atoms with Crippen molar-refractivity contribution in [2.45, 2.75) is 31.2 Å². The van der Waals surface area contributed by atoms with Gasteiger partial charge in [-0.3, -0.25) is 0 Å². The topological polar surface area (TPSA) is 88.2 Å². The molecule has 1 amide bonds. The highest BCUT2D eigenvalue weighted by atomic mass is 16.5. The minimum atomic E-state index is -0.978. The number of amides is 1. The predicted molar refractivity (Wildman–Crippen MR) is 71.3 cm³/mol. The normalized spacial score (nSPS) is 21.8. The summed E-state index contributed by atoms with van der Waals surface area (Å²) in [6, 6.07) is 9.58. The van der Waals surface area contributed by atoms with E-state index in [1.165, 1.54) is 0 Å². The van der Waals surface area contributed by atoms with Gasteiger partial charge in [0.05, 0.1) is 0 Å². The fourth-order valence-electron chi connectivity index (χ4n) is 2.62. The van der Waals surface area contributed by atoms with Crippen LogP contribution in [0.3, 0.4) is 0 Å². The van der Waals surface area contributed by atoms with E-state index in [1.807, 2.05) is 30.3 Å². The van der Waals surface area contributed by atoms with Gasteiger partial charge in [-0.2, -0.15) is 4.98 Å². The van der Waals surface area contributed by atoms with Gasteiger partial charge in [0.25, 0.3) is 5.89 Å². The molecule has 1 aromatic heterocycles. The zero-order valence-electron chi connectivity index (χ0n) is 10.8. The van der Waals surface area contributed by atoms with E-state index in [1.54, 1.807) is 0 Å². The van der Waals surface area contributed by atoms with Crippen LogP contribution in [0, 0.1) is 0 Å². The molecule has 0 aliphatic heterocycles. The van der Waals surface area contributed by atoms with E-state index in [9.17, 15) is 4.79 Å². The number of carboxylic acid groups (broad SMARTS) is 1. The highest BCUT2D eigenvalue weighted by Gasteiger charge is 2.30. The van der Waals surface area contributed by atoms with Crippen LogP contribution in [0.5, 0.6) is 0 Å². The molecule has 0 saturated heterocycles. The lowest BCUT2D eigenvalue weighted by Crippen LogP contribution is -2.31. The fraction of sp³-hybridized carbons (Fsp3) is 0.357. The lowest BCUT2D eigenvalue weighted by atomic mass is 10.1. The Morgan fingerprint density at radius 2 is 2.10 bits per heavy atom. The second kappa shape index (κ2) is 5.32. The highest BCUT2D eigenvalue weighted by molar-refractivity contribution is 5.64. The molecule has 20 heavy (non-hydrogen) atoms. The van der Waals surface area contributed by atoms with Crippen molar-refractivity contribution < 1.29 is 14.4 Å². The molecule has 1 fully saturated rings. The van der Waals surface area contributed by atoms with Crippen LogP contribution in [0.15, 0.2) is 34.9 Å². The Balaban J connectivity index is 1.70.